The molecule has 0 radical (unpaired) electrons. The van der Waals surface area contributed by atoms with Crippen LogP contribution in [-0.2, 0) is 0 Å². The van der Waals surface area contributed by atoms with E-state index in [1.807, 2.05) is 26.1 Å². The molecule has 1 fully saturated rings. The molecule has 1 aliphatic rings. The van der Waals surface area contributed by atoms with Crippen LogP contribution in [0.2, 0.25) is 0 Å². The van der Waals surface area contributed by atoms with Crippen molar-refractivity contribution in [2.24, 2.45) is 11.3 Å². The van der Waals surface area contributed by atoms with Crippen LogP contribution in [0.15, 0.2) is 12.3 Å². The first-order chi connectivity index (χ1) is 14.7. The number of aliphatic hydroxyl groups excluding tert-OH is 1. The molecule has 3 aromatic heterocycles. The summed E-state index contributed by atoms with van der Waals surface area (Å²) in [6.07, 6.45) is 4.85. The van der Waals surface area contributed by atoms with Crippen molar-refractivity contribution in [2.45, 2.75) is 59.9 Å². The van der Waals surface area contributed by atoms with Crippen LogP contribution in [-0.4, -0.2) is 44.2 Å². The zero-order valence-corrected chi connectivity index (χ0v) is 19.8. The fourth-order valence-electron chi connectivity index (χ4n) is 4.01. The summed E-state index contributed by atoms with van der Waals surface area (Å²) in [4.78, 5) is 18.9. The van der Waals surface area contributed by atoms with Crippen molar-refractivity contribution in [3.8, 4) is 10.6 Å². The third-order valence-corrected chi connectivity index (χ3v) is 6.75. The van der Waals surface area contributed by atoms with Gasteiger partial charge in [0.25, 0.3) is 0 Å². The summed E-state index contributed by atoms with van der Waals surface area (Å²) >= 11 is 1.65. The Hall–Kier alpha value is -2.32. The number of pyridine rings is 1. The predicted molar refractivity (Wildman–Crippen MR) is 128 cm³/mol. The largest absolute Gasteiger partial charge is 0.396 e. The number of aromatic nitrogens is 4. The second-order valence-electron chi connectivity index (χ2n) is 9.74. The molecule has 1 aliphatic carbocycles. The van der Waals surface area contributed by atoms with Gasteiger partial charge in [-0.3, -0.25) is 4.98 Å². The van der Waals surface area contributed by atoms with Crippen LogP contribution < -0.4 is 10.6 Å². The van der Waals surface area contributed by atoms with Crippen LogP contribution in [0.5, 0.6) is 0 Å². The van der Waals surface area contributed by atoms with Gasteiger partial charge in [-0.25, -0.2) is 9.97 Å². The van der Waals surface area contributed by atoms with E-state index in [0.29, 0.717) is 17.9 Å². The Labute approximate surface area is 187 Å². The third-order valence-electron chi connectivity index (χ3n) is 5.71. The zero-order valence-electron chi connectivity index (χ0n) is 19.0. The van der Waals surface area contributed by atoms with Crippen molar-refractivity contribution >= 4 is 33.3 Å². The highest BCUT2D eigenvalue weighted by atomic mass is 32.1. The van der Waals surface area contributed by atoms with E-state index in [-0.39, 0.29) is 12.0 Å². The first kappa shape index (κ1) is 21.9. The van der Waals surface area contributed by atoms with E-state index in [2.05, 4.69) is 36.4 Å². The SMILES string of the molecule is Cc1nc(NCC(C)(C)C)nc(N[C@H]2CC[C@@H](CO)C2)c1-c1nc2c(C)nccc2s1. The highest BCUT2D eigenvalue weighted by Crippen LogP contribution is 2.38. The monoisotopic (exact) mass is 440 g/mol. The number of aryl methyl sites for hydroxylation is 2. The highest BCUT2D eigenvalue weighted by Gasteiger charge is 2.27. The van der Waals surface area contributed by atoms with E-state index < -0.39 is 0 Å². The molecule has 166 valence electrons. The molecule has 0 bridgehead atoms. The van der Waals surface area contributed by atoms with E-state index in [1.54, 1.807) is 11.3 Å². The Kier molecular flexibility index (Phi) is 6.12. The summed E-state index contributed by atoms with van der Waals surface area (Å²) < 4.78 is 1.11. The van der Waals surface area contributed by atoms with Crippen molar-refractivity contribution in [3.05, 3.63) is 23.7 Å². The van der Waals surface area contributed by atoms with Gasteiger partial charge in [0.2, 0.25) is 5.95 Å². The lowest BCUT2D eigenvalue weighted by atomic mass is 9.97. The summed E-state index contributed by atoms with van der Waals surface area (Å²) in [5, 5.41) is 17.5. The number of nitrogens with one attached hydrogen (secondary N) is 2. The van der Waals surface area contributed by atoms with Gasteiger partial charge in [-0.2, -0.15) is 4.98 Å². The maximum atomic E-state index is 9.55. The molecule has 1 saturated carbocycles. The minimum absolute atomic E-state index is 0.126. The normalized spacial score (nSPS) is 19.2. The maximum absolute atomic E-state index is 9.55. The number of hydrogen-bond acceptors (Lipinski definition) is 8. The van der Waals surface area contributed by atoms with Crippen molar-refractivity contribution in [2.75, 3.05) is 23.8 Å². The van der Waals surface area contributed by atoms with Crippen molar-refractivity contribution in [3.63, 3.8) is 0 Å². The lowest BCUT2D eigenvalue weighted by Crippen LogP contribution is -2.22. The van der Waals surface area contributed by atoms with Gasteiger partial charge in [-0.1, -0.05) is 20.8 Å². The number of hydrogen-bond donors (Lipinski definition) is 3. The Balaban J connectivity index is 1.73. The summed E-state index contributed by atoms with van der Waals surface area (Å²) in [6, 6.07) is 2.30. The standard InChI is InChI=1S/C23H32N6OS/c1-13-18(21-28-19-14(2)24-9-8-17(19)31-21)20(27-16-7-6-15(10-16)11-30)29-22(26-13)25-12-23(3,4)5/h8-9,15-16,30H,6-7,10-12H2,1-5H3,(H2,25,26,27,29)/t15-,16+/m1/s1. The van der Waals surface area contributed by atoms with Gasteiger partial charge in [0, 0.05) is 25.4 Å². The van der Waals surface area contributed by atoms with Gasteiger partial charge in [-0.15, -0.1) is 11.3 Å². The van der Waals surface area contributed by atoms with Crippen LogP contribution in [0.1, 0.15) is 51.4 Å². The van der Waals surface area contributed by atoms with Gasteiger partial charge in [0.05, 0.1) is 21.7 Å². The van der Waals surface area contributed by atoms with E-state index in [9.17, 15) is 5.11 Å². The number of rotatable bonds is 6. The first-order valence-electron chi connectivity index (χ1n) is 11.0. The molecule has 0 amide bonds. The Morgan fingerprint density at radius 1 is 1.13 bits per heavy atom. The van der Waals surface area contributed by atoms with E-state index in [1.165, 1.54) is 0 Å². The minimum Gasteiger partial charge on any atom is -0.396 e. The zero-order chi connectivity index (χ0) is 22.2. The highest BCUT2D eigenvalue weighted by molar-refractivity contribution is 7.21. The van der Waals surface area contributed by atoms with E-state index in [0.717, 1.165) is 63.8 Å². The Bertz CT molecular complexity index is 1070. The molecule has 0 saturated heterocycles. The fourth-order valence-corrected chi connectivity index (χ4v) is 5.12. The molecule has 0 spiro atoms. The molecule has 3 aromatic rings. The molecule has 3 N–H and O–H groups in total. The van der Waals surface area contributed by atoms with Gasteiger partial charge in [0.1, 0.15) is 16.3 Å². The van der Waals surface area contributed by atoms with Gasteiger partial charge in [0.15, 0.2) is 0 Å². The number of thiazole rings is 1. The lowest BCUT2D eigenvalue weighted by Gasteiger charge is -2.21. The molecule has 0 unspecified atom stereocenters. The van der Waals surface area contributed by atoms with Gasteiger partial charge in [-0.05, 0) is 50.5 Å². The van der Waals surface area contributed by atoms with Crippen LogP contribution >= 0.6 is 11.3 Å². The summed E-state index contributed by atoms with van der Waals surface area (Å²) in [7, 11) is 0. The molecule has 7 nitrogen and oxygen atoms in total. The fraction of sp³-hybridized carbons (Fsp3) is 0.565. The minimum atomic E-state index is 0.126. The molecular weight excluding hydrogens is 408 g/mol. The molecule has 4 rings (SSSR count). The number of fused-ring (bicyclic) bond motifs is 1. The summed E-state index contributed by atoms with van der Waals surface area (Å²) in [5.41, 5.74) is 3.84. The molecular formula is C23H32N6OS. The summed E-state index contributed by atoms with van der Waals surface area (Å²) in [5.74, 6) is 1.81. The van der Waals surface area contributed by atoms with Crippen LogP contribution in [0.4, 0.5) is 11.8 Å². The van der Waals surface area contributed by atoms with Gasteiger partial charge >= 0.3 is 0 Å². The molecule has 3 heterocycles. The second kappa shape index (κ2) is 8.67. The van der Waals surface area contributed by atoms with Crippen molar-refractivity contribution in [1.82, 2.24) is 19.9 Å². The quantitative estimate of drug-likeness (QED) is 0.507. The molecule has 0 aromatic carbocycles. The molecule has 31 heavy (non-hydrogen) atoms. The van der Waals surface area contributed by atoms with Crippen LogP contribution in [0.3, 0.4) is 0 Å². The Morgan fingerprint density at radius 3 is 2.61 bits per heavy atom. The second-order valence-corrected chi connectivity index (χ2v) is 10.8. The number of nitrogens with zero attached hydrogens (tertiary/aromatic N) is 4. The Morgan fingerprint density at radius 2 is 1.94 bits per heavy atom. The number of anilines is 2. The average Bonchev–Trinajstić information content (AvgIpc) is 3.33. The predicted octanol–water partition coefficient (Wildman–Crippen LogP) is 4.80. The van der Waals surface area contributed by atoms with Crippen molar-refractivity contribution < 1.29 is 5.11 Å². The average molecular weight is 441 g/mol. The molecule has 2 atom stereocenters. The maximum Gasteiger partial charge on any atom is 0.224 e. The van der Waals surface area contributed by atoms with E-state index in [4.69, 9.17) is 15.0 Å². The molecule has 0 aliphatic heterocycles. The van der Waals surface area contributed by atoms with Gasteiger partial charge < -0.3 is 15.7 Å². The number of aliphatic hydroxyl groups is 1. The topological polar surface area (TPSA) is 95.9 Å². The molecule has 8 heteroatoms. The summed E-state index contributed by atoms with van der Waals surface area (Å²) in [6.45, 7) is 11.6. The van der Waals surface area contributed by atoms with E-state index >= 15 is 0 Å². The smallest absolute Gasteiger partial charge is 0.224 e. The third kappa shape index (κ3) is 4.96. The van der Waals surface area contributed by atoms with Crippen molar-refractivity contribution in [1.29, 1.82) is 0 Å². The first-order valence-corrected chi connectivity index (χ1v) is 11.8. The lowest BCUT2D eigenvalue weighted by molar-refractivity contribution is 0.229. The van der Waals surface area contributed by atoms with Crippen LogP contribution in [0.25, 0.3) is 20.8 Å². The van der Waals surface area contributed by atoms with Crippen LogP contribution in [0, 0.1) is 25.2 Å².